The van der Waals surface area contributed by atoms with Crippen molar-refractivity contribution in [3.8, 4) is 5.75 Å². The van der Waals surface area contributed by atoms with E-state index < -0.39 is 5.91 Å². The lowest BCUT2D eigenvalue weighted by atomic mass is 10.0. The minimum absolute atomic E-state index is 0.135. The van der Waals surface area contributed by atoms with E-state index in [1.807, 2.05) is 0 Å². The van der Waals surface area contributed by atoms with E-state index in [0.717, 1.165) is 5.56 Å². The Hall–Kier alpha value is -1.01. The third-order valence-corrected chi connectivity index (χ3v) is 3.00. The molecule has 0 fully saturated rings. The zero-order valence-corrected chi connectivity index (χ0v) is 10.9. The molecule has 5 nitrogen and oxygen atoms in total. The SMILES string of the molecule is NC(=O)CONC1CCOc2c(Cl)cc(Cl)cc21. The summed E-state index contributed by atoms with van der Waals surface area (Å²) in [7, 11) is 0. The Kier molecular flexibility index (Phi) is 4.29. The summed E-state index contributed by atoms with van der Waals surface area (Å²) in [6, 6.07) is 3.24. The third-order valence-electron chi connectivity index (χ3n) is 2.51. The Balaban J connectivity index is 2.14. The van der Waals surface area contributed by atoms with Gasteiger partial charge >= 0.3 is 0 Å². The van der Waals surface area contributed by atoms with Crippen LogP contribution in [0.5, 0.6) is 5.75 Å². The smallest absolute Gasteiger partial charge is 0.245 e. The average molecular weight is 291 g/mol. The van der Waals surface area contributed by atoms with Gasteiger partial charge in [0, 0.05) is 17.0 Å². The number of carbonyl (C=O) groups is 1. The fraction of sp³-hybridized carbons (Fsp3) is 0.364. The first kappa shape index (κ1) is 13.4. The first-order valence-corrected chi connectivity index (χ1v) is 6.11. The number of rotatable bonds is 4. The van der Waals surface area contributed by atoms with Crippen molar-refractivity contribution in [1.82, 2.24) is 5.48 Å². The molecule has 1 amide bonds. The molecule has 18 heavy (non-hydrogen) atoms. The van der Waals surface area contributed by atoms with E-state index in [0.29, 0.717) is 28.8 Å². The monoisotopic (exact) mass is 290 g/mol. The summed E-state index contributed by atoms with van der Waals surface area (Å²) in [6.07, 6.45) is 0.683. The number of halogens is 2. The maximum absolute atomic E-state index is 10.6. The molecule has 1 aliphatic rings. The molecule has 1 aliphatic heterocycles. The first-order chi connectivity index (χ1) is 8.58. The molecule has 7 heteroatoms. The number of carbonyl (C=O) groups excluding carboxylic acids is 1. The second kappa shape index (κ2) is 5.75. The number of fused-ring (bicyclic) bond motifs is 1. The van der Waals surface area contributed by atoms with Gasteiger partial charge in [0.15, 0.2) is 0 Å². The van der Waals surface area contributed by atoms with Gasteiger partial charge in [-0.1, -0.05) is 23.2 Å². The van der Waals surface area contributed by atoms with Crippen molar-refractivity contribution >= 4 is 29.1 Å². The van der Waals surface area contributed by atoms with Crippen molar-refractivity contribution in [2.24, 2.45) is 5.73 Å². The largest absolute Gasteiger partial charge is 0.492 e. The number of hydrogen-bond donors (Lipinski definition) is 2. The van der Waals surface area contributed by atoms with Gasteiger partial charge in [-0.05, 0) is 12.1 Å². The molecule has 1 atom stereocenters. The number of benzene rings is 1. The Morgan fingerprint density at radius 1 is 1.56 bits per heavy atom. The maximum Gasteiger partial charge on any atom is 0.245 e. The second-order valence-electron chi connectivity index (χ2n) is 3.87. The van der Waals surface area contributed by atoms with E-state index in [4.69, 9.17) is 38.5 Å². The van der Waals surface area contributed by atoms with Gasteiger partial charge in [-0.15, -0.1) is 0 Å². The summed E-state index contributed by atoms with van der Waals surface area (Å²) in [6.45, 7) is 0.312. The summed E-state index contributed by atoms with van der Waals surface area (Å²) in [5.74, 6) is 0.0476. The Morgan fingerprint density at radius 2 is 2.33 bits per heavy atom. The highest BCUT2D eigenvalue weighted by atomic mass is 35.5. The zero-order chi connectivity index (χ0) is 13.1. The molecule has 1 heterocycles. The molecule has 3 N–H and O–H groups in total. The van der Waals surface area contributed by atoms with Gasteiger partial charge < -0.3 is 10.5 Å². The van der Waals surface area contributed by atoms with Crippen molar-refractivity contribution in [3.63, 3.8) is 0 Å². The molecule has 0 aromatic heterocycles. The fourth-order valence-electron chi connectivity index (χ4n) is 1.76. The lowest BCUT2D eigenvalue weighted by Gasteiger charge is -2.27. The Labute approximate surface area is 114 Å². The van der Waals surface area contributed by atoms with Gasteiger partial charge in [0.05, 0.1) is 17.7 Å². The topological polar surface area (TPSA) is 73.6 Å². The summed E-state index contributed by atoms with van der Waals surface area (Å²) >= 11 is 12.0. The molecule has 1 unspecified atom stereocenters. The van der Waals surface area contributed by atoms with Gasteiger partial charge in [0.1, 0.15) is 12.4 Å². The van der Waals surface area contributed by atoms with Crippen LogP contribution in [0.4, 0.5) is 0 Å². The van der Waals surface area contributed by atoms with Crippen LogP contribution >= 0.6 is 23.2 Å². The molecule has 0 spiro atoms. The van der Waals surface area contributed by atoms with Crippen LogP contribution in [0.2, 0.25) is 10.0 Å². The lowest BCUT2D eigenvalue weighted by Crippen LogP contribution is -2.31. The normalized spacial score (nSPS) is 18.0. The summed E-state index contributed by atoms with van der Waals surface area (Å²) < 4.78 is 5.49. The predicted octanol–water partition coefficient (Wildman–Crippen LogP) is 1.82. The van der Waals surface area contributed by atoms with Crippen molar-refractivity contribution in [2.75, 3.05) is 13.2 Å². The number of nitrogens with one attached hydrogen (secondary N) is 1. The summed E-state index contributed by atoms with van der Waals surface area (Å²) in [5, 5.41) is 0.977. The van der Waals surface area contributed by atoms with E-state index in [-0.39, 0.29) is 12.6 Å². The molecule has 98 valence electrons. The highest BCUT2D eigenvalue weighted by Gasteiger charge is 2.24. The maximum atomic E-state index is 10.6. The predicted molar refractivity (Wildman–Crippen MR) is 67.6 cm³/mol. The van der Waals surface area contributed by atoms with Crippen LogP contribution in [0.15, 0.2) is 12.1 Å². The number of hydroxylamine groups is 1. The van der Waals surface area contributed by atoms with Gasteiger partial charge in [0.25, 0.3) is 0 Å². The molecule has 0 saturated heterocycles. The molecule has 0 radical (unpaired) electrons. The zero-order valence-electron chi connectivity index (χ0n) is 9.41. The molecule has 0 bridgehead atoms. The quantitative estimate of drug-likeness (QED) is 0.830. The van der Waals surface area contributed by atoms with Crippen LogP contribution in [0.25, 0.3) is 0 Å². The molecular formula is C11H12Cl2N2O3. The standard InChI is InChI=1S/C11H12Cl2N2O3/c12-6-3-7-9(15-18-5-10(14)16)1-2-17-11(7)8(13)4-6/h3-4,9,15H,1-2,5H2,(H2,14,16). The van der Waals surface area contributed by atoms with Gasteiger partial charge in [-0.25, -0.2) is 0 Å². The molecule has 0 aliphatic carbocycles. The van der Waals surface area contributed by atoms with E-state index in [2.05, 4.69) is 5.48 Å². The van der Waals surface area contributed by atoms with Crippen LogP contribution in [0.3, 0.4) is 0 Å². The highest BCUT2D eigenvalue weighted by molar-refractivity contribution is 6.35. The van der Waals surface area contributed by atoms with Crippen molar-refractivity contribution in [2.45, 2.75) is 12.5 Å². The first-order valence-electron chi connectivity index (χ1n) is 5.35. The van der Waals surface area contributed by atoms with Gasteiger partial charge in [-0.3, -0.25) is 9.63 Å². The highest BCUT2D eigenvalue weighted by Crippen LogP contribution is 2.39. The molecule has 0 saturated carbocycles. The van der Waals surface area contributed by atoms with Crippen molar-refractivity contribution < 1.29 is 14.4 Å². The van der Waals surface area contributed by atoms with E-state index >= 15 is 0 Å². The Bertz CT molecular complexity index is 468. The Morgan fingerprint density at radius 3 is 3.06 bits per heavy atom. The number of primary amides is 1. The van der Waals surface area contributed by atoms with E-state index in [1.165, 1.54) is 0 Å². The van der Waals surface area contributed by atoms with Crippen LogP contribution in [0.1, 0.15) is 18.0 Å². The molecular weight excluding hydrogens is 279 g/mol. The van der Waals surface area contributed by atoms with Crippen LogP contribution in [-0.4, -0.2) is 19.1 Å². The number of ether oxygens (including phenoxy) is 1. The third kappa shape index (κ3) is 3.05. The van der Waals surface area contributed by atoms with E-state index in [9.17, 15) is 4.79 Å². The summed E-state index contributed by atoms with van der Waals surface area (Å²) in [4.78, 5) is 15.6. The minimum Gasteiger partial charge on any atom is -0.492 e. The van der Waals surface area contributed by atoms with Crippen LogP contribution in [0, 0.1) is 0 Å². The molecule has 1 aromatic rings. The lowest BCUT2D eigenvalue weighted by molar-refractivity contribution is -0.126. The van der Waals surface area contributed by atoms with Gasteiger partial charge in [0.2, 0.25) is 5.91 Å². The van der Waals surface area contributed by atoms with Crippen molar-refractivity contribution in [3.05, 3.63) is 27.7 Å². The second-order valence-corrected chi connectivity index (χ2v) is 4.71. The number of hydrogen-bond acceptors (Lipinski definition) is 4. The molecule has 2 rings (SSSR count). The van der Waals surface area contributed by atoms with Gasteiger partial charge in [-0.2, -0.15) is 5.48 Å². The average Bonchev–Trinajstić information content (AvgIpc) is 2.29. The van der Waals surface area contributed by atoms with E-state index in [1.54, 1.807) is 12.1 Å². The van der Waals surface area contributed by atoms with Crippen LogP contribution in [-0.2, 0) is 9.63 Å². The number of amides is 1. The fourth-order valence-corrected chi connectivity index (χ4v) is 2.33. The minimum atomic E-state index is -0.543. The van der Waals surface area contributed by atoms with Crippen LogP contribution < -0.4 is 16.0 Å². The molecule has 1 aromatic carbocycles. The number of nitrogens with two attached hydrogens (primary N) is 1. The summed E-state index contributed by atoms with van der Waals surface area (Å²) in [5.41, 5.74) is 8.55. The van der Waals surface area contributed by atoms with Crippen molar-refractivity contribution in [1.29, 1.82) is 0 Å².